The van der Waals surface area contributed by atoms with Crippen molar-refractivity contribution in [2.24, 2.45) is 5.16 Å². The van der Waals surface area contributed by atoms with Crippen molar-refractivity contribution >= 4 is 12.0 Å². The lowest BCUT2D eigenvalue weighted by Gasteiger charge is -2.20. The lowest BCUT2D eigenvalue weighted by molar-refractivity contribution is -0.0390. The highest BCUT2D eigenvalue weighted by Gasteiger charge is 2.18. The molecule has 2 N–H and O–H groups in total. The van der Waals surface area contributed by atoms with Crippen LogP contribution in [0.5, 0.6) is 5.75 Å². The molecule has 0 radical (unpaired) electrons. The van der Waals surface area contributed by atoms with Gasteiger partial charge in [-0.25, -0.2) is 4.98 Å². The van der Waals surface area contributed by atoms with E-state index in [4.69, 9.17) is 14.7 Å². The van der Waals surface area contributed by atoms with E-state index in [0.717, 1.165) is 0 Å². The number of nitrogens with zero attached hydrogens (tertiary/aromatic N) is 3. The van der Waals surface area contributed by atoms with Crippen LogP contribution in [0.1, 0.15) is 16.8 Å². The first kappa shape index (κ1) is 15.2. The molecule has 7 nitrogen and oxygen atoms in total. The van der Waals surface area contributed by atoms with Crippen molar-refractivity contribution in [1.29, 1.82) is 0 Å². The minimum atomic E-state index is -0.0283. The number of hydrogen-bond donors (Lipinski definition) is 2. The zero-order valence-electron chi connectivity index (χ0n) is 11.5. The first-order chi connectivity index (χ1) is 9.02. The Kier molecular flexibility index (Phi) is 5.53. The molecule has 0 spiro atoms. The maximum absolute atomic E-state index is 10.0. The summed E-state index contributed by atoms with van der Waals surface area (Å²) in [5.41, 5.74) is 1.46. The molecule has 0 saturated carbocycles. The number of methoxy groups -OCH3 is 1. The fraction of sp³-hybridized carbons (Fsp3) is 0.500. The molecule has 7 heteroatoms. The predicted octanol–water partition coefficient (Wildman–Crippen LogP) is 1.09. The Morgan fingerprint density at radius 1 is 1.42 bits per heavy atom. The standard InChI is InChI=1S/C12H19N3O4/c1-8-11(16)9(5-13-17)10(6-19-7-18-4)12(14-8)15(2)3/h5,16-17H,6-7H2,1-4H3/b13-5+. The predicted molar refractivity (Wildman–Crippen MR) is 71.0 cm³/mol. The van der Waals surface area contributed by atoms with E-state index in [1.807, 2.05) is 14.1 Å². The number of ether oxygens (including phenoxy) is 2. The van der Waals surface area contributed by atoms with Gasteiger partial charge >= 0.3 is 0 Å². The van der Waals surface area contributed by atoms with Gasteiger partial charge in [0.25, 0.3) is 0 Å². The molecule has 0 bridgehead atoms. The summed E-state index contributed by atoms with van der Waals surface area (Å²) in [5, 5.41) is 21.7. The van der Waals surface area contributed by atoms with Crippen LogP contribution in [-0.4, -0.2) is 49.5 Å². The SMILES string of the molecule is COCOCc1c(N(C)C)nc(C)c(O)c1/C=N/O. The summed E-state index contributed by atoms with van der Waals surface area (Å²) >= 11 is 0. The molecule has 106 valence electrons. The van der Waals surface area contributed by atoms with Crippen LogP contribution in [0.3, 0.4) is 0 Å². The summed E-state index contributed by atoms with van der Waals surface area (Å²) in [7, 11) is 5.19. The molecule has 0 saturated heterocycles. The van der Waals surface area contributed by atoms with Crippen LogP contribution in [-0.2, 0) is 16.1 Å². The maximum atomic E-state index is 10.0. The van der Waals surface area contributed by atoms with Crippen LogP contribution in [0.15, 0.2) is 5.16 Å². The fourth-order valence-corrected chi connectivity index (χ4v) is 1.67. The second kappa shape index (κ2) is 6.91. The highest BCUT2D eigenvalue weighted by molar-refractivity contribution is 5.87. The van der Waals surface area contributed by atoms with Gasteiger partial charge in [-0.1, -0.05) is 5.16 Å². The minimum absolute atomic E-state index is 0.0283. The Hall–Kier alpha value is -1.86. The van der Waals surface area contributed by atoms with E-state index in [1.54, 1.807) is 11.8 Å². The normalized spacial score (nSPS) is 11.2. The minimum Gasteiger partial charge on any atom is -0.505 e. The number of aryl methyl sites for hydroxylation is 1. The van der Waals surface area contributed by atoms with E-state index in [1.165, 1.54) is 13.3 Å². The topological polar surface area (TPSA) is 87.4 Å². The van der Waals surface area contributed by atoms with Crippen molar-refractivity contribution in [3.05, 3.63) is 16.8 Å². The molecule has 0 atom stereocenters. The number of aromatic hydroxyl groups is 1. The van der Waals surface area contributed by atoms with Crippen molar-refractivity contribution in [2.45, 2.75) is 13.5 Å². The summed E-state index contributed by atoms with van der Waals surface area (Å²) < 4.78 is 10.1. The lowest BCUT2D eigenvalue weighted by Crippen LogP contribution is -2.16. The monoisotopic (exact) mass is 269 g/mol. The summed E-state index contributed by atoms with van der Waals surface area (Å²) in [6, 6.07) is 0. The van der Waals surface area contributed by atoms with Gasteiger partial charge in [-0.15, -0.1) is 0 Å². The smallest absolute Gasteiger partial charge is 0.146 e. The summed E-state index contributed by atoms with van der Waals surface area (Å²) in [5.74, 6) is 0.612. The van der Waals surface area contributed by atoms with Crippen LogP contribution in [0, 0.1) is 6.92 Å². The Morgan fingerprint density at radius 2 is 2.11 bits per heavy atom. The molecule has 0 aliphatic rings. The fourth-order valence-electron chi connectivity index (χ4n) is 1.67. The summed E-state index contributed by atoms with van der Waals surface area (Å²) in [6.45, 7) is 1.98. The lowest BCUT2D eigenvalue weighted by atomic mass is 10.1. The van der Waals surface area contributed by atoms with Gasteiger partial charge in [-0.05, 0) is 6.92 Å². The van der Waals surface area contributed by atoms with Gasteiger partial charge in [0.05, 0.1) is 18.5 Å². The van der Waals surface area contributed by atoms with Crippen LogP contribution >= 0.6 is 0 Å². The Bertz CT molecular complexity index is 461. The van der Waals surface area contributed by atoms with E-state index < -0.39 is 0 Å². The molecule has 0 aliphatic carbocycles. The molecule has 0 aromatic carbocycles. The van der Waals surface area contributed by atoms with Crippen molar-refractivity contribution in [3.63, 3.8) is 0 Å². The number of rotatable bonds is 6. The molecular formula is C12H19N3O4. The molecule has 1 rings (SSSR count). The quantitative estimate of drug-likeness (QED) is 0.264. The summed E-state index contributed by atoms with van der Waals surface area (Å²) in [4.78, 5) is 6.10. The van der Waals surface area contributed by atoms with Gasteiger partial charge in [0.2, 0.25) is 0 Å². The molecule has 0 aliphatic heterocycles. The van der Waals surface area contributed by atoms with Gasteiger partial charge < -0.3 is 24.7 Å². The van der Waals surface area contributed by atoms with Crippen molar-refractivity contribution in [3.8, 4) is 5.75 Å². The zero-order chi connectivity index (χ0) is 14.4. The number of aromatic nitrogens is 1. The van der Waals surface area contributed by atoms with E-state index in [2.05, 4.69) is 10.1 Å². The van der Waals surface area contributed by atoms with Crippen LogP contribution < -0.4 is 4.90 Å². The third-order valence-electron chi connectivity index (χ3n) is 2.52. The van der Waals surface area contributed by atoms with Crippen LogP contribution in [0.2, 0.25) is 0 Å². The Balaban J connectivity index is 3.30. The van der Waals surface area contributed by atoms with E-state index in [0.29, 0.717) is 22.6 Å². The number of hydrogen-bond acceptors (Lipinski definition) is 7. The largest absolute Gasteiger partial charge is 0.505 e. The molecule has 1 aromatic rings. The van der Waals surface area contributed by atoms with Gasteiger partial charge in [0, 0.05) is 32.3 Å². The highest BCUT2D eigenvalue weighted by Crippen LogP contribution is 2.29. The third kappa shape index (κ3) is 3.55. The average molecular weight is 269 g/mol. The summed E-state index contributed by atoms with van der Waals surface area (Å²) in [6.07, 6.45) is 1.17. The molecule has 0 unspecified atom stereocenters. The number of anilines is 1. The van der Waals surface area contributed by atoms with E-state index in [9.17, 15) is 5.11 Å². The second-order valence-electron chi connectivity index (χ2n) is 4.16. The first-order valence-corrected chi connectivity index (χ1v) is 5.66. The van der Waals surface area contributed by atoms with Crippen molar-refractivity contribution in [2.75, 3.05) is 32.9 Å². The van der Waals surface area contributed by atoms with Gasteiger partial charge in [-0.3, -0.25) is 0 Å². The zero-order valence-corrected chi connectivity index (χ0v) is 11.5. The molecule has 1 heterocycles. The molecule has 0 fully saturated rings. The highest BCUT2D eigenvalue weighted by atomic mass is 16.7. The second-order valence-corrected chi connectivity index (χ2v) is 4.16. The molecule has 0 amide bonds. The van der Waals surface area contributed by atoms with Gasteiger partial charge in [0.1, 0.15) is 18.4 Å². The Morgan fingerprint density at radius 3 is 2.63 bits per heavy atom. The van der Waals surface area contributed by atoms with Crippen LogP contribution in [0.25, 0.3) is 0 Å². The van der Waals surface area contributed by atoms with Crippen molar-refractivity contribution in [1.82, 2.24) is 4.98 Å². The number of pyridine rings is 1. The van der Waals surface area contributed by atoms with Crippen molar-refractivity contribution < 1.29 is 19.8 Å². The molecule has 1 aromatic heterocycles. The molecule has 19 heavy (non-hydrogen) atoms. The first-order valence-electron chi connectivity index (χ1n) is 5.66. The van der Waals surface area contributed by atoms with E-state index >= 15 is 0 Å². The average Bonchev–Trinajstić information content (AvgIpc) is 2.37. The third-order valence-corrected chi connectivity index (χ3v) is 2.52. The maximum Gasteiger partial charge on any atom is 0.146 e. The van der Waals surface area contributed by atoms with Crippen LogP contribution in [0.4, 0.5) is 5.82 Å². The number of oxime groups is 1. The van der Waals surface area contributed by atoms with Gasteiger partial charge in [0.15, 0.2) is 0 Å². The van der Waals surface area contributed by atoms with Gasteiger partial charge in [-0.2, -0.15) is 0 Å². The van der Waals surface area contributed by atoms with E-state index in [-0.39, 0.29) is 19.1 Å². The molecular weight excluding hydrogens is 250 g/mol. The Labute approximate surface area is 112 Å².